The Morgan fingerprint density at radius 1 is 1.16 bits per heavy atom. The summed E-state index contributed by atoms with van der Waals surface area (Å²) in [5.74, 6) is -0.0930. The first-order valence-corrected chi connectivity index (χ1v) is 13.3. The van der Waals surface area contributed by atoms with Gasteiger partial charge in [-0.05, 0) is 25.7 Å². The van der Waals surface area contributed by atoms with Crippen molar-refractivity contribution in [1.82, 2.24) is 14.5 Å². The summed E-state index contributed by atoms with van der Waals surface area (Å²) in [6, 6.07) is -0.324. The van der Waals surface area contributed by atoms with Gasteiger partial charge in [0.1, 0.15) is 11.5 Å². The lowest BCUT2D eigenvalue weighted by atomic mass is 9.93. The minimum absolute atomic E-state index is 0.0103. The molecular formula is C21H35N5O5S. The molecular weight excluding hydrogens is 434 g/mol. The first kappa shape index (κ1) is 24.3. The highest BCUT2D eigenvalue weighted by Gasteiger charge is 2.38. The fourth-order valence-corrected chi connectivity index (χ4v) is 6.62. The molecule has 1 unspecified atom stereocenters. The van der Waals surface area contributed by atoms with Gasteiger partial charge in [-0.25, -0.2) is 13.2 Å². The Morgan fingerprint density at radius 2 is 1.84 bits per heavy atom. The van der Waals surface area contributed by atoms with E-state index in [0.29, 0.717) is 13.0 Å². The van der Waals surface area contributed by atoms with Crippen LogP contribution in [-0.2, 0) is 21.2 Å². The highest BCUT2D eigenvalue weighted by molar-refractivity contribution is 7.91. The van der Waals surface area contributed by atoms with Crippen LogP contribution in [0.2, 0.25) is 0 Å². The Morgan fingerprint density at radius 3 is 2.44 bits per heavy atom. The van der Waals surface area contributed by atoms with Gasteiger partial charge in [0.05, 0.1) is 18.1 Å². The maximum atomic E-state index is 13.4. The van der Waals surface area contributed by atoms with Gasteiger partial charge in [0.25, 0.3) is 5.56 Å². The summed E-state index contributed by atoms with van der Waals surface area (Å²) < 4.78 is 25.5. The fourth-order valence-electron chi connectivity index (χ4n) is 4.91. The van der Waals surface area contributed by atoms with E-state index in [1.165, 1.54) is 9.47 Å². The second kappa shape index (κ2) is 10.1. The molecule has 2 fully saturated rings. The molecule has 32 heavy (non-hydrogen) atoms. The van der Waals surface area contributed by atoms with E-state index in [-0.39, 0.29) is 47.5 Å². The minimum atomic E-state index is -3.15. The molecule has 11 heteroatoms. The Bertz CT molecular complexity index is 1040. The van der Waals surface area contributed by atoms with Gasteiger partial charge in [0.15, 0.2) is 9.84 Å². The van der Waals surface area contributed by atoms with E-state index in [9.17, 15) is 22.8 Å². The number of hydrogen-bond acceptors (Lipinski definition) is 7. The van der Waals surface area contributed by atoms with Gasteiger partial charge in [0, 0.05) is 25.7 Å². The Hall–Kier alpha value is -2.30. The second-order valence-electron chi connectivity index (χ2n) is 9.00. The van der Waals surface area contributed by atoms with E-state index in [1.54, 1.807) is 11.9 Å². The molecule has 1 saturated carbocycles. The molecule has 0 aromatic carbocycles. The van der Waals surface area contributed by atoms with Crippen LogP contribution >= 0.6 is 0 Å². The Balaban J connectivity index is 1.86. The topological polar surface area (TPSA) is 139 Å². The van der Waals surface area contributed by atoms with Crippen molar-refractivity contribution in [2.24, 2.45) is 0 Å². The number of rotatable bonds is 8. The van der Waals surface area contributed by atoms with Crippen LogP contribution in [0.4, 0.5) is 11.5 Å². The molecule has 2 aliphatic rings. The quantitative estimate of drug-likeness (QED) is 0.571. The van der Waals surface area contributed by atoms with Crippen LogP contribution < -0.4 is 21.9 Å². The van der Waals surface area contributed by atoms with Crippen LogP contribution in [0.3, 0.4) is 0 Å². The zero-order chi connectivity index (χ0) is 23.5. The SMILES string of the molecule is CCCCn1c(N)c(N(C)CC(=O)N(C2CCCCC2)C2CCS(=O)(=O)C2)c(=O)[nH]c1=O. The number of unbranched alkanes of at least 4 members (excludes halogenated alkanes) is 1. The summed E-state index contributed by atoms with van der Waals surface area (Å²) in [7, 11) is -1.55. The zero-order valence-electron chi connectivity index (χ0n) is 19.0. The third kappa shape index (κ3) is 5.36. The number of H-pyrrole nitrogens is 1. The number of carbonyl (C=O) groups is 1. The Kier molecular flexibility index (Phi) is 7.68. The average molecular weight is 470 g/mol. The van der Waals surface area contributed by atoms with Gasteiger partial charge in [-0.15, -0.1) is 0 Å². The number of likely N-dealkylation sites (N-methyl/N-ethyl adjacent to an activating group) is 1. The van der Waals surface area contributed by atoms with Crippen LogP contribution in [-0.4, -0.2) is 66.0 Å². The second-order valence-corrected chi connectivity index (χ2v) is 11.2. The molecule has 1 saturated heterocycles. The number of hydrogen-bond donors (Lipinski definition) is 2. The molecule has 3 N–H and O–H groups in total. The minimum Gasteiger partial charge on any atom is -0.383 e. The van der Waals surface area contributed by atoms with Gasteiger partial charge in [-0.2, -0.15) is 0 Å². The van der Waals surface area contributed by atoms with E-state index < -0.39 is 21.1 Å². The smallest absolute Gasteiger partial charge is 0.330 e. The van der Waals surface area contributed by atoms with Gasteiger partial charge < -0.3 is 15.5 Å². The number of aromatic nitrogens is 2. The van der Waals surface area contributed by atoms with Gasteiger partial charge in [-0.1, -0.05) is 32.6 Å². The molecule has 10 nitrogen and oxygen atoms in total. The third-order valence-corrected chi connectivity index (χ3v) is 8.31. The van der Waals surface area contributed by atoms with E-state index in [1.807, 2.05) is 6.92 Å². The number of sulfone groups is 1. The normalized spacial score (nSPS) is 20.9. The molecule has 0 spiro atoms. The summed E-state index contributed by atoms with van der Waals surface area (Å²) in [5.41, 5.74) is 5.06. The van der Waals surface area contributed by atoms with Crippen molar-refractivity contribution in [3.63, 3.8) is 0 Å². The predicted molar refractivity (Wildman–Crippen MR) is 125 cm³/mol. The highest BCUT2D eigenvalue weighted by Crippen LogP contribution is 2.29. The van der Waals surface area contributed by atoms with E-state index in [0.717, 1.165) is 44.9 Å². The van der Waals surface area contributed by atoms with Crippen molar-refractivity contribution in [3.8, 4) is 0 Å². The molecule has 1 amide bonds. The lowest BCUT2D eigenvalue weighted by Crippen LogP contribution is -2.52. The van der Waals surface area contributed by atoms with Crippen LogP contribution in [0.15, 0.2) is 9.59 Å². The lowest BCUT2D eigenvalue weighted by Gasteiger charge is -2.39. The number of amides is 1. The van der Waals surface area contributed by atoms with Crippen LogP contribution in [0.1, 0.15) is 58.3 Å². The van der Waals surface area contributed by atoms with E-state index >= 15 is 0 Å². The number of nitrogens with two attached hydrogens (primary N) is 1. The third-order valence-electron chi connectivity index (χ3n) is 6.56. The number of nitrogen functional groups attached to an aromatic ring is 1. The first-order chi connectivity index (χ1) is 15.1. The molecule has 1 aromatic heterocycles. The summed E-state index contributed by atoms with van der Waals surface area (Å²) in [6.07, 6.45) is 6.88. The van der Waals surface area contributed by atoms with Gasteiger partial charge >= 0.3 is 5.69 Å². The number of nitrogens with zero attached hydrogens (tertiary/aromatic N) is 3. The van der Waals surface area contributed by atoms with Crippen LogP contribution in [0, 0.1) is 0 Å². The van der Waals surface area contributed by atoms with Crippen molar-refractivity contribution in [3.05, 3.63) is 20.8 Å². The van der Waals surface area contributed by atoms with Crippen molar-refractivity contribution in [2.45, 2.75) is 76.9 Å². The molecule has 1 aliphatic heterocycles. The fraction of sp³-hybridized carbons (Fsp3) is 0.762. The molecule has 3 rings (SSSR count). The largest absolute Gasteiger partial charge is 0.383 e. The summed E-state index contributed by atoms with van der Waals surface area (Å²) >= 11 is 0. The zero-order valence-corrected chi connectivity index (χ0v) is 19.8. The number of anilines is 2. The van der Waals surface area contributed by atoms with Crippen LogP contribution in [0.25, 0.3) is 0 Å². The first-order valence-electron chi connectivity index (χ1n) is 11.5. The maximum Gasteiger partial charge on any atom is 0.330 e. The van der Waals surface area contributed by atoms with Crippen molar-refractivity contribution in [1.29, 1.82) is 0 Å². The molecule has 1 aromatic rings. The summed E-state index contributed by atoms with van der Waals surface area (Å²) in [5, 5.41) is 0. The van der Waals surface area contributed by atoms with E-state index in [4.69, 9.17) is 5.73 Å². The Labute approximate surface area is 188 Å². The molecule has 1 atom stereocenters. The summed E-state index contributed by atoms with van der Waals surface area (Å²) in [4.78, 5) is 43.7. The number of carbonyl (C=O) groups excluding carboxylic acids is 1. The molecule has 2 heterocycles. The number of nitrogens with one attached hydrogen (secondary N) is 1. The lowest BCUT2D eigenvalue weighted by molar-refractivity contribution is -0.135. The van der Waals surface area contributed by atoms with Gasteiger partial charge in [-0.3, -0.25) is 19.1 Å². The maximum absolute atomic E-state index is 13.4. The van der Waals surface area contributed by atoms with Gasteiger partial charge in [0.2, 0.25) is 5.91 Å². The average Bonchev–Trinajstić information content (AvgIpc) is 3.07. The number of aromatic amines is 1. The van der Waals surface area contributed by atoms with Crippen molar-refractivity contribution in [2.75, 3.05) is 35.7 Å². The molecule has 0 radical (unpaired) electrons. The monoisotopic (exact) mass is 469 g/mol. The standard InChI is InChI=1S/C21H35N5O5S/c1-3-4-11-25-19(22)18(20(28)23-21(25)29)24(2)13-17(27)26(15-8-6-5-7-9-15)16-10-12-32(30,31)14-16/h15-16H,3-14,22H2,1-2H3,(H,23,28,29). The molecule has 180 valence electrons. The van der Waals surface area contributed by atoms with Crippen LogP contribution in [0.5, 0.6) is 0 Å². The predicted octanol–water partition coefficient (Wildman–Crippen LogP) is 0.704. The molecule has 0 bridgehead atoms. The van der Waals surface area contributed by atoms with Crippen molar-refractivity contribution < 1.29 is 13.2 Å². The van der Waals surface area contributed by atoms with Crippen molar-refractivity contribution >= 4 is 27.2 Å². The highest BCUT2D eigenvalue weighted by atomic mass is 32.2. The van der Waals surface area contributed by atoms with E-state index in [2.05, 4.69) is 4.98 Å². The summed E-state index contributed by atoms with van der Waals surface area (Å²) in [6.45, 7) is 2.24. The molecule has 1 aliphatic carbocycles.